The molecule has 25 heavy (non-hydrogen) atoms. The van der Waals surface area contributed by atoms with Crippen molar-refractivity contribution in [3.63, 3.8) is 0 Å². The van der Waals surface area contributed by atoms with E-state index in [1.807, 2.05) is 30.3 Å². The number of nitrogens with zero attached hydrogens (tertiary/aromatic N) is 1. The molecule has 0 unspecified atom stereocenters. The highest BCUT2D eigenvalue weighted by molar-refractivity contribution is 7.88. The number of benzene rings is 1. The molecule has 1 aromatic rings. The van der Waals surface area contributed by atoms with Crippen molar-refractivity contribution in [1.82, 2.24) is 14.9 Å². The molecule has 142 valence electrons. The lowest BCUT2D eigenvalue weighted by Gasteiger charge is -2.20. The second-order valence-electron chi connectivity index (χ2n) is 6.09. The van der Waals surface area contributed by atoms with Gasteiger partial charge < -0.3 is 10.4 Å². The Kier molecular flexibility index (Phi) is 8.81. The zero-order valence-corrected chi connectivity index (χ0v) is 15.9. The smallest absolute Gasteiger partial charge is 0.221 e. The number of likely N-dealkylation sites (tertiary alicyclic amines) is 1. The number of sulfonamides is 1. The number of aliphatic hydroxyl groups is 1. The predicted octanol–water partition coefficient (Wildman–Crippen LogP) is -0.0760. The van der Waals surface area contributed by atoms with E-state index >= 15 is 0 Å². The molecule has 1 aromatic carbocycles. The van der Waals surface area contributed by atoms with Gasteiger partial charge in [-0.05, 0) is 5.56 Å². The van der Waals surface area contributed by atoms with Crippen LogP contribution in [0.25, 0.3) is 0 Å². The Morgan fingerprint density at radius 3 is 2.56 bits per heavy atom. The van der Waals surface area contributed by atoms with Crippen molar-refractivity contribution in [2.45, 2.75) is 18.4 Å². The zero-order chi connectivity index (χ0) is 17.6. The average Bonchev–Trinajstić information content (AvgIpc) is 2.89. The van der Waals surface area contributed by atoms with Crippen molar-refractivity contribution in [3.05, 3.63) is 35.9 Å². The summed E-state index contributed by atoms with van der Waals surface area (Å²) < 4.78 is 24.4. The van der Waals surface area contributed by atoms with Gasteiger partial charge in [0.1, 0.15) is 0 Å². The number of hydrogen-bond donors (Lipinski definition) is 3. The minimum absolute atomic E-state index is 0. The van der Waals surface area contributed by atoms with E-state index in [4.69, 9.17) is 5.11 Å². The summed E-state index contributed by atoms with van der Waals surface area (Å²) in [4.78, 5) is 14.2. The third kappa shape index (κ3) is 7.29. The Hall–Kier alpha value is -1.19. The van der Waals surface area contributed by atoms with Gasteiger partial charge in [0.15, 0.2) is 0 Å². The van der Waals surface area contributed by atoms with Gasteiger partial charge in [0.05, 0.1) is 12.9 Å². The molecule has 9 heteroatoms. The quantitative estimate of drug-likeness (QED) is 0.576. The topological polar surface area (TPSA) is 98.7 Å². The highest BCUT2D eigenvalue weighted by atomic mass is 35.5. The van der Waals surface area contributed by atoms with Crippen LogP contribution in [0.2, 0.25) is 0 Å². The summed E-state index contributed by atoms with van der Waals surface area (Å²) in [5, 5.41) is 12.2. The lowest BCUT2D eigenvalue weighted by Crippen LogP contribution is -2.41. The Labute approximate surface area is 155 Å². The van der Waals surface area contributed by atoms with Gasteiger partial charge in [-0.25, -0.2) is 13.1 Å². The monoisotopic (exact) mass is 391 g/mol. The summed E-state index contributed by atoms with van der Waals surface area (Å²) in [5.74, 6) is -0.0208. The first-order valence-corrected chi connectivity index (χ1v) is 9.90. The molecule has 0 saturated carbocycles. The Balaban J connectivity index is 0.00000312. The van der Waals surface area contributed by atoms with E-state index in [1.54, 1.807) is 0 Å². The van der Waals surface area contributed by atoms with Crippen LogP contribution >= 0.6 is 12.4 Å². The summed E-state index contributed by atoms with van der Waals surface area (Å²) in [6, 6.07) is 9.92. The number of aliphatic hydroxyl groups excluding tert-OH is 1. The van der Waals surface area contributed by atoms with E-state index in [0.717, 1.165) is 18.4 Å². The molecule has 1 saturated heterocycles. The molecule has 1 fully saturated rings. The molecule has 7 nitrogen and oxygen atoms in total. The van der Waals surface area contributed by atoms with Crippen LogP contribution in [0.1, 0.15) is 17.9 Å². The lowest BCUT2D eigenvalue weighted by atomic mass is 9.94. The number of halogens is 1. The normalized spacial score (nSPS) is 20.9. The molecule has 2 atom stereocenters. The van der Waals surface area contributed by atoms with Crippen LogP contribution in [0.4, 0.5) is 0 Å². The fourth-order valence-corrected chi connectivity index (χ4v) is 3.50. The number of carbonyl (C=O) groups is 1. The van der Waals surface area contributed by atoms with Crippen LogP contribution in [0.3, 0.4) is 0 Å². The second-order valence-corrected chi connectivity index (χ2v) is 7.92. The fourth-order valence-electron chi connectivity index (χ4n) is 3.02. The van der Waals surface area contributed by atoms with Crippen LogP contribution in [0.15, 0.2) is 30.3 Å². The van der Waals surface area contributed by atoms with E-state index in [2.05, 4.69) is 14.9 Å². The maximum atomic E-state index is 12.1. The first kappa shape index (κ1) is 21.9. The number of hydrogen-bond acceptors (Lipinski definition) is 5. The van der Waals surface area contributed by atoms with E-state index in [-0.39, 0.29) is 49.8 Å². The van der Waals surface area contributed by atoms with E-state index in [1.165, 1.54) is 0 Å². The van der Waals surface area contributed by atoms with Gasteiger partial charge in [0.2, 0.25) is 15.9 Å². The standard InChI is InChI=1S/C16H25N3O4S.ClH/c1-24(22,23)17-8-7-16(21)18-15-12-19(9-10-20)11-14(15)13-5-3-2-4-6-13;/h2-6,14-15,17,20H,7-12H2,1H3,(H,18,21);1H/t14-,15+;/m1./s1. The van der Waals surface area contributed by atoms with Crippen molar-refractivity contribution in [2.24, 2.45) is 0 Å². The van der Waals surface area contributed by atoms with Gasteiger partial charge in [0.25, 0.3) is 0 Å². The van der Waals surface area contributed by atoms with Crippen molar-refractivity contribution in [2.75, 3.05) is 39.0 Å². The van der Waals surface area contributed by atoms with Crippen LogP contribution in [-0.2, 0) is 14.8 Å². The van der Waals surface area contributed by atoms with Crippen LogP contribution in [0.5, 0.6) is 0 Å². The highest BCUT2D eigenvalue weighted by Crippen LogP contribution is 2.27. The van der Waals surface area contributed by atoms with Gasteiger partial charge in [-0.1, -0.05) is 30.3 Å². The number of nitrogens with one attached hydrogen (secondary N) is 2. The first-order valence-electron chi connectivity index (χ1n) is 8.01. The molecule has 2 rings (SSSR count). The van der Waals surface area contributed by atoms with Gasteiger partial charge >= 0.3 is 0 Å². The van der Waals surface area contributed by atoms with E-state index < -0.39 is 10.0 Å². The second kappa shape index (κ2) is 10.1. The molecule has 0 spiro atoms. The van der Waals surface area contributed by atoms with Crippen molar-refractivity contribution in [1.29, 1.82) is 0 Å². The maximum Gasteiger partial charge on any atom is 0.221 e. The third-order valence-electron chi connectivity index (χ3n) is 4.10. The lowest BCUT2D eigenvalue weighted by molar-refractivity contribution is -0.121. The molecule has 1 heterocycles. The predicted molar refractivity (Wildman–Crippen MR) is 99.4 cm³/mol. The number of amides is 1. The summed E-state index contributed by atoms with van der Waals surface area (Å²) in [7, 11) is -3.28. The maximum absolute atomic E-state index is 12.1. The Morgan fingerprint density at radius 1 is 1.28 bits per heavy atom. The first-order chi connectivity index (χ1) is 11.4. The number of rotatable bonds is 8. The van der Waals surface area contributed by atoms with Gasteiger partial charge in [-0.15, -0.1) is 12.4 Å². The van der Waals surface area contributed by atoms with Gasteiger partial charge in [0, 0.05) is 44.6 Å². The SMILES string of the molecule is CS(=O)(=O)NCCC(=O)N[C@H]1CN(CCO)C[C@@H]1c1ccccc1.Cl. The molecular weight excluding hydrogens is 366 g/mol. The molecule has 0 bridgehead atoms. The average molecular weight is 392 g/mol. The largest absolute Gasteiger partial charge is 0.395 e. The van der Waals surface area contributed by atoms with Crippen LogP contribution < -0.4 is 10.0 Å². The Bertz CT molecular complexity index is 642. The zero-order valence-electron chi connectivity index (χ0n) is 14.2. The highest BCUT2D eigenvalue weighted by Gasteiger charge is 2.34. The van der Waals surface area contributed by atoms with E-state index in [9.17, 15) is 13.2 Å². The minimum Gasteiger partial charge on any atom is -0.395 e. The molecular formula is C16H26ClN3O4S. The fraction of sp³-hybridized carbons (Fsp3) is 0.562. The summed E-state index contributed by atoms with van der Waals surface area (Å²) in [5.41, 5.74) is 1.15. The summed E-state index contributed by atoms with van der Waals surface area (Å²) in [6.07, 6.45) is 1.17. The van der Waals surface area contributed by atoms with Crippen molar-refractivity contribution >= 4 is 28.3 Å². The number of carbonyl (C=O) groups excluding carboxylic acids is 1. The molecule has 1 aliphatic heterocycles. The minimum atomic E-state index is -3.28. The molecule has 0 aromatic heterocycles. The summed E-state index contributed by atoms with van der Waals surface area (Å²) >= 11 is 0. The van der Waals surface area contributed by atoms with Crippen LogP contribution in [0, 0.1) is 0 Å². The van der Waals surface area contributed by atoms with Gasteiger partial charge in [-0.2, -0.15) is 0 Å². The molecule has 0 aliphatic carbocycles. The van der Waals surface area contributed by atoms with Crippen LogP contribution in [-0.4, -0.2) is 69.4 Å². The van der Waals surface area contributed by atoms with E-state index in [0.29, 0.717) is 13.1 Å². The number of β-amino-alcohol motifs (C(OH)–C–C–N with tert-alkyl or cyclic N) is 1. The Morgan fingerprint density at radius 2 is 1.96 bits per heavy atom. The van der Waals surface area contributed by atoms with Gasteiger partial charge in [-0.3, -0.25) is 9.69 Å². The molecule has 1 aliphatic rings. The van der Waals surface area contributed by atoms with Crippen molar-refractivity contribution < 1.29 is 18.3 Å². The third-order valence-corrected chi connectivity index (χ3v) is 4.83. The van der Waals surface area contributed by atoms with Crippen molar-refractivity contribution in [3.8, 4) is 0 Å². The molecule has 1 amide bonds. The molecule has 3 N–H and O–H groups in total. The molecule has 0 radical (unpaired) electrons. The summed E-state index contributed by atoms with van der Waals surface area (Å²) in [6.45, 7) is 2.20.